The van der Waals surface area contributed by atoms with E-state index in [0.29, 0.717) is 27.9 Å². The first-order chi connectivity index (χ1) is 18.3. The Morgan fingerprint density at radius 3 is 2.18 bits per heavy atom. The molecule has 0 bridgehead atoms. The van der Waals surface area contributed by atoms with Crippen molar-refractivity contribution in [3.05, 3.63) is 128 Å². The molecule has 0 saturated heterocycles. The Hall–Kier alpha value is -4.08. The van der Waals surface area contributed by atoms with Gasteiger partial charge in [-0.15, -0.1) is 0 Å². The van der Waals surface area contributed by atoms with Crippen LogP contribution in [-0.2, 0) is 0 Å². The maximum atomic E-state index is 12.7. The number of carbonyl (C=O) groups excluding carboxylic acids is 3. The lowest BCUT2D eigenvalue weighted by atomic mass is 10.1. The first-order valence-electron chi connectivity index (χ1n) is 11.4. The van der Waals surface area contributed by atoms with E-state index in [9.17, 15) is 14.4 Å². The van der Waals surface area contributed by atoms with Crippen LogP contribution < -0.4 is 15.5 Å². The van der Waals surface area contributed by atoms with Gasteiger partial charge < -0.3 is 10.1 Å². The van der Waals surface area contributed by atoms with Crippen molar-refractivity contribution in [2.24, 2.45) is 5.10 Å². The molecule has 7 nitrogen and oxygen atoms in total. The van der Waals surface area contributed by atoms with E-state index >= 15 is 0 Å². The Morgan fingerprint density at radius 1 is 0.763 bits per heavy atom. The molecule has 9 heteroatoms. The number of hydrazone groups is 1. The number of ether oxygens (including phenoxy) is 1. The van der Waals surface area contributed by atoms with Crippen LogP contribution in [0.5, 0.6) is 5.75 Å². The minimum absolute atomic E-state index is 0.274. The Morgan fingerprint density at radius 2 is 1.45 bits per heavy atom. The van der Waals surface area contributed by atoms with Gasteiger partial charge >= 0.3 is 5.97 Å². The molecule has 4 aromatic carbocycles. The summed E-state index contributed by atoms with van der Waals surface area (Å²) < 4.78 is 7.13. The third kappa shape index (κ3) is 7.24. The highest BCUT2D eigenvalue weighted by Gasteiger charge is 2.13. The normalized spacial score (nSPS) is 10.7. The fraction of sp³-hybridized carbons (Fsp3) is 0.0345. The van der Waals surface area contributed by atoms with Crippen LogP contribution in [0, 0.1) is 6.92 Å². The molecule has 2 N–H and O–H groups in total. The highest BCUT2D eigenvalue weighted by molar-refractivity contribution is 9.10. The average molecular weight is 635 g/mol. The topological polar surface area (TPSA) is 96.9 Å². The van der Waals surface area contributed by atoms with Gasteiger partial charge in [-0.25, -0.2) is 10.2 Å². The largest absolute Gasteiger partial charge is 0.422 e. The van der Waals surface area contributed by atoms with Crippen molar-refractivity contribution in [1.29, 1.82) is 0 Å². The van der Waals surface area contributed by atoms with Crippen LogP contribution in [0.15, 0.2) is 105 Å². The summed E-state index contributed by atoms with van der Waals surface area (Å²) in [5, 5.41) is 6.83. The van der Waals surface area contributed by atoms with Crippen LogP contribution >= 0.6 is 31.9 Å². The zero-order chi connectivity index (χ0) is 27.1. The molecule has 2 amide bonds. The van der Waals surface area contributed by atoms with Crippen LogP contribution in [0.3, 0.4) is 0 Å². The second-order valence-electron chi connectivity index (χ2n) is 8.18. The third-order valence-corrected chi connectivity index (χ3v) is 6.31. The maximum Gasteiger partial charge on any atom is 0.343 e. The lowest BCUT2D eigenvalue weighted by Gasteiger charge is -2.09. The number of hydrogen-bond acceptors (Lipinski definition) is 5. The smallest absolute Gasteiger partial charge is 0.343 e. The molecular weight excluding hydrogens is 614 g/mol. The number of nitrogens with zero attached hydrogens (tertiary/aromatic N) is 1. The van der Waals surface area contributed by atoms with Crippen molar-refractivity contribution >= 4 is 61.5 Å². The maximum absolute atomic E-state index is 12.7. The minimum atomic E-state index is -0.525. The molecular formula is C29H21Br2N3O4. The summed E-state index contributed by atoms with van der Waals surface area (Å²) in [6, 6.07) is 25.6. The number of hydrogen-bond donors (Lipinski definition) is 2. The summed E-state index contributed by atoms with van der Waals surface area (Å²) in [6.07, 6.45) is 1.39. The zero-order valence-corrected chi connectivity index (χ0v) is 23.2. The molecule has 0 fully saturated rings. The molecule has 0 radical (unpaired) electrons. The van der Waals surface area contributed by atoms with Crippen molar-refractivity contribution in [2.75, 3.05) is 5.32 Å². The molecule has 0 aromatic heterocycles. The van der Waals surface area contributed by atoms with Crippen LogP contribution in [0.1, 0.15) is 42.2 Å². The molecule has 4 aromatic rings. The number of amides is 2. The number of carbonyl (C=O) groups is 3. The van der Waals surface area contributed by atoms with Crippen molar-refractivity contribution in [1.82, 2.24) is 5.43 Å². The van der Waals surface area contributed by atoms with E-state index in [0.717, 1.165) is 14.5 Å². The van der Waals surface area contributed by atoms with Gasteiger partial charge in [0.2, 0.25) is 0 Å². The van der Waals surface area contributed by atoms with Crippen LogP contribution in [0.25, 0.3) is 0 Å². The molecule has 190 valence electrons. The number of aryl methyl sites for hydroxylation is 1. The third-order valence-electron chi connectivity index (χ3n) is 5.29. The summed E-state index contributed by atoms with van der Waals surface area (Å²) in [5.74, 6) is -0.997. The number of nitrogens with one attached hydrogen (secondary N) is 2. The number of halogens is 2. The van der Waals surface area contributed by atoms with E-state index in [1.54, 1.807) is 78.9 Å². The van der Waals surface area contributed by atoms with Gasteiger partial charge in [0.1, 0.15) is 5.75 Å². The van der Waals surface area contributed by atoms with E-state index in [2.05, 4.69) is 47.7 Å². The number of rotatable bonds is 7. The molecule has 0 saturated carbocycles. The Kier molecular flexibility index (Phi) is 8.83. The van der Waals surface area contributed by atoms with Crippen LogP contribution in [-0.4, -0.2) is 24.0 Å². The van der Waals surface area contributed by atoms with E-state index in [4.69, 9.17) is 4.74 Å². The van der Waals surface area contributed by atoms with Crippen molar-refractivity contribution < 1.29 is 19.1 Å². The second-order valence-corrected chi connectivity index (χ2v) is 10.0. The first-order valence-corrected chi connectivity index (χ1v) is 13.0. The predicted octanol–water partition coefficient (Wildman–Crippen LogP) is 6.76. The Balaban J connectivity index is 1.43. The van der Waals surface area contributed by atoms with Gasteiger partial charge in [0.15, 0.2) is 0 Å². The second kappa shape index (κ2) is 12.4. The van der Waals surface area contributed by atoms with Gasteiger partial charge in [0.05, 0.1) is 11.8 Å². The van der Waals surface area contributed by atoms with Crippen LogP contribution in [0.2, 0.25) is 0 Å². The average Bonchev–Trinajstić information content (AvgIpc) is 2.90. The monoisotopic (exact) mass is 633 g/mol. The number of benzene rings is 4. The molecule has 0 aliphatic heterocycles. The predicted molar refractivity (Wildman–Crippen MR) is 154 cm³/mol. The van der Waals surface area contributed by atoms with E-state index < -0.39 is 11.9 Å². The molecule has 38 heavy (non-hydrogen) atoms. The summed E-state index contributed by atoms with van der Waals surface area (Å²) in [5.41, 5.74) is 5.60. The summed E-state index contributed by atoms with van der Waals surface area (Å²) in [6.45, 7) is 1.91. The van der Waals surface area contributed by atoms with Crippen molar-refractivity contribution in [3.63, 3.8) is 0 Å². The molecule has 0 aliphatic rings. The highest BCUT2D eigenvalue weighted by Crippen LogP contribution is 2.23. The first kappa shape index (κ1) is 27.0. The highest BCUT2D eigenvalue weighted by atomic mass is 79.9. The minimum Gasteiger partial charge on any atom is -0.422 e. The lowest BCUT2D eigenvalue weighted by molar-refractivity contribution is 0.0733. The number of esters is 1. The molecule has 0 atom stereocenters. The lowest BCUT2D eigenvalue weighted by Crippen LogP contribution is -2.18. The zero-order valence-electron chi connectivity index (χ0n) is 20.1. The van der Waals surface area contributed by atoms with Gasteiger partial charge in [-0.2, -0.15) is 5.10 Å². The molecule has 4 rings (SSSR count). The van der Waals surface area contributed by atoms with Crippen LogP contribution in [0.4, 0.5) is 5.69 Å². The van der Waals surface area contributed by atoms with Gasteiger partial charge in [-0.1, -0.05) is 55.6 Å². The number of anilines is 1. The summed E-state index contributed by atoms with van der Waals surface area (Å²) >= 11 is 6.73. The molecule has 0 heterocycles. The van der Waals surface area contributed by atoms with Crippen molar-refractivity contribution in [3.8, 4) is 5.75 Å². The summed E-state index contributed by atoms with van der Waals surface area (Å²) in [7, 11) is 0. The molecule has 0 unspecified atom stereocenters. The molecule has 0 aliphatic carbocycles. The van der Waals surface area contributed by atoms with E-state index in [1.165, 1.54) is 6.21 Å². The van der Waals surface area contributed by atoms with E-state index in [1.807, 2.05) is 19.1 Å². The molecule has 0 spiro atoms. The van der Waals surface area contributed by atoms with Gasteiger partial charge in [0.25, 0.3) is 11.8 Å². The van der Waals surface area contributed by atoms with Gasteiger partial charge in [-0.3, -0.25) is 9.59 Å². The SMILES string of the molecule is Cc1cccc(C(=O)Nc2cccc(C(=O)NN=Cc3cc(Br)ccc3OC(=O)c3ccc(Br)cc3)c2)c1. The van der Waals surface area contributed by atoms with E-state index in [-0.39, 0.29) is 11.7 Å². The van der Waals surface area contributed by atoms with Gasteiger partial charge in [0, 0.05) is 31.3 Å². The fourth-order valence-corrected chi connectivity index (χ4v) is 4.05. The van der Waals surface area contributed by atoms with Crippen molar-refractivity contribution in [2.45, 2.75) is 6.92 Å². The Bertz CT molecular complexity index is 1540. The fourth-order valence-electron chi connectivity index (χ4n) is 3.41. The van der Waals surface area contributed by atoms with Gasteiger partial charge in [-0.05, 0) is 79.7 Å². The quantitative estimate of drug-likeness (QED) is 0.102. The Labute approximate surface area is 236 Å². The summed E-state index contributed by atoms with van der Waals surface area (Å²) in [4.78, 5) is 37.8. The standard InChI is InChI=1S/C29H21Br2N3O4/c1-18-4-2-5-20(14-18)27(35)33-25-7-3-6-21(16-25)28(36)34-32-17-22-15-24(31)12-13-26(22)38-29(37)19-8-10-23(30)11-9-19/h2-17H,1H3,(H,33,35)(H,34,36).